The van der Waals surface area contributed by atoms with Crippen LogP contribution in [-0.4, -0.2) is 23.0 Å². The zero-order chi connectivity index (χ0) is 22.3. The minimum atomic E-state index is -0.323. The second-order valence-electron chi connectivity index (χ2n) is 7.03. The lowest BCUT2D eigenvalue weighted by molar-refractivity contribution is 0.0951. The molecule has 1 heterocycles. The number of halogens is 1. The zero-order valence-electron chi connectivity index (χ0n) is 17.4. The third-order valence-electron chi connectivity index (χ3n) is 4.82. The van der Waals surface area contributed by atoms with E-state index in [-0.39, 0.29) is 11.7 Å². The van der Waals surface area contributed by atoms with Gasteiger partial charge in [0.25, 0.3) is 5.91 Å². The van der Waals surface area contributed by atoms with Gasteiger partial charge in [-0.05, 0) is 54.1 Å². The second-order valence-corrected chi connectivity index (χ2v) is 7.03. The number of amides is 1. The highest BCUT2D eigenvalue weighted by atomic mass is 19.1. The molecule has 6 nitrogen and oxygen atoms in total. The molecule has 3 aromatic carbocycles. The third-order valence-corrected chi connectivity index (χ3v) is 4.82. The SMILES string of the molecule is COc1ccc(CNC(=O)c2ccc(Nc3cc(-c4cccc(F)c4)ncn3)cc2)cc1. The Morgan fingerprint density at radius 3 is 2.47 bits per heavy atom. The smallest absolute Gasteiger partial charge is 0.251 e. The van der Waals surface area contributed by atoms with E-state index in [0.29, 0.717) is 29.2 Å². The molecule has 0 radical (unpaired) electrons. The molecule has 2 N–H and O–H groups in total. The lowest BCUT2D eigenvalue weighted by atomic mass is 10.1. The molecule has 0 atom stereocenters. The number of rotatable bonds is 7. The van der Waals surface area contributed by atoms with Crippen molar-refractivity contribution >= 4 is 17.4 Å². The van der Waals surface area contributed by atoms with Gasteiger partial charge in [0.1, 0.15) is 23.7 Å². The number of benzene rings is 3. The number of anilines is 2. The summed E-state index contributed by atoms with van der Waals surface area (Å²) in [6.45, 7) is 0.423. The second kappa shape index (κ2) is 9.70. The van der Waals surface area contributed by atoms with E-state index in [1.54, 1.807) is 49.6 Å². The largest absolute Gasteiger partial charge is 0.497 e. The van der Waals surface area contributed by atoms with E-state index >= 15 is 0 Å². The molecule has 7 heteroatoms. The van der Waals surface area contributed by atoms with Gasteiger partial charge in [0.05, 0.1) is 12.8 Å². The van der Waals surface area contributed by atoms with E-state index in [1.807, 2.05) is 24.3 Å². The van der Waals surface area contributed by atoms with Crippen molar-refractivity contribution in [3.63, 3.8) is 0 Å². The van der Waals surface area contributed by atoms with Crippen LogP contribution in [0.5, 0.6) is 5.75 Å². The van der Waals surface area contributed by atoms with E-state index in [1.165, 1.54) is 18.5 Å². The Kier molecular flexibility index (Phi) is 6.36. The summed E-state index contributed by atoms with van der Waals surface area (Å²) in [5.41, 5.74) is 3.57. The Balaban J connectivity index is 1.38. The lowest BCUT2D eigenvalue weighted by Crippen LogP contribution is -2.22. The Hall–Kier alpha value is -4.26. The third kappa shape index (κ3) is 5.26. The van der Waals surface area contributed by atoms with Crippen LogP contribution in [0.1, 0.15) is 15.9 Å². The van der Waals surface area contributed by atoms with Crippen molar-refractivity contribution < 1.29 is 13.9 Å². The summed E-state index contributed by atoms with van der Waals surface area (Å²) < 4.78 is 18.6. The quantitative estimate of drug-likeness (QED) is 0.435. The van der Waals surface area contributed by atoms with Crippen LogP contribution in [0.15, 0.2) is 85.2 Å². The van der Waals surface area contributed by atoms with Crippen molar-refractivity contribution in [2.45, 2.75) is 6.54 Å². The van der Waals surface area contributed by atoms with Gasteiger partial charge in [-0.2, -0.15) is 0 Å². The summed E-state index contributed by atoms with van der Waals surface area (Å²) >= 11 is 0. The number of hydrogen-bond donors (Lipinski definition) is 2. The highest BCUT2D eigenvalue weighted by Crippen LogP contribution is 2.22. The van der Waals surface area contributed by atoms with Crippen molar-refractivity contribution in [1.82, 2.24) is 15.3 Å². The summed E-state index contributed by atoms with van der Waals surface area (Å²) in [4.78, 5) is 20.9. The van der Waals surface area contributed by atoms with Crippen molar-refractivity contribution in [3.05, 3.63) is 102 Å². The van der Waals surface area contributed by atoms with Gasteiger partial charge in [-0.15, -0.1) is 0 Å². The molecule has 4 aromatic rings. The van der Waals surface area contributed by atoms with Crippen molar-refractivity contribution in [2.24, 2.45) is 0 Å². The molecule has 0 fully saturated rings. The normalized spacial score (nSPS) is 10.4. The number of ether oxygens (including phenoxy) is 1. The molecule has 32 heavy (non-hydrogen) atoms. The monoisotopic (exact) mass is 428 g/mol. The Morgan fingerprint density at radius 1 is 0.969 bits per heavy atom. The first-order valence-electron chi connectivity index (χ1n) is 9.97. The number of aromatic nitrogens is 2. The Bertz CT molecular complexity index is 1210. The van der Waals surface area contributed by atoms with Gasteiger partial charge in [0.2, 0.25) is 0 Å². The molecular formula is C25H21FN4O2. The van der Waals surface area contributed by atoms with Gasteiger partial charge in [0.15, 0.2) is 0 Å². The molecule has 1 aromatic heterocycles. The molecule has 0 unspecified atom stereocenters. The lowest BCUT2D eigenvalue weighted by Gasteiger charge is -2.09. The molecule has 1 amide bonds. The summed E-state index contributed by atoms with van der Waals surface area (Å²) in [7, 11) is 1.61. The molecule has 0 aliphatic heterocycles. The first-order valence-corrected chi connectivity index (χ1v) is 9.97. The van der Waals surface area contributed by atoms with Gasteiger partial charge in [0, 0.05) is 29.4 Å². The number of nitrogens with zero attached hydrogens (tertiary/aromatic N) is 2. The molecule has 0 saturated carbocycles. The van der Waals surface area contributed by atoms with Crippen LogP contribution in [0.25, 0.3) is 11.3 Å². The fourth-order valence-corrected chi connectivity index (χ4v) is 3.11. The molecular weight excluding hydrogens is 407 g/mol. The highest BCUT2D eigenvalue weighted by molar-refractivity contribution is 5.94. The number of hydrogen-bond acceptors (Lipinski definition) is 5. The minimum Gasteiger partial charge on any atom is -0.497 e. The fourth-order valence-electron chi connectivity index (χ4n) is 3.11. The summed E-state index contributed by atoms with van der Waals surface area (Å²) in [5, 5.41) is 6.08. The number of nitrogens with one attached hydrogen (secondary N) is 2. The average Bonchev–Trinajstić information content (AvgIpc) is 2.83. The topological polar surface area (TPSA) is 76.1 Å². The Morgan fingerprint density at radius 2 is 1.75 bits per heavy atom. The predicted octanol–water partition coefficient (Wildman–Crippen LogP) is 4.96. The van der Waals surface area contributed by atoms with Crippen LogP contribution in [0.4, 0.5) is 15.9 Å². The average molecular weight is 428 g/mol. The summed E-state index contributed by atoms with van der Waals surface area (Å²) in [6.07, 6.45) is 1.42. The number of methoxy groups -OCH3 is 1. The van der Waals surface area contributed by atoms with Crippen molar-refractivity contribution in [1.29, 1.82) is 0 Å². The van der Waals surface area contributed by atoms with Crippen molar-refractivity contribution in [3.8, 4) is 17.0 Å². The number of carbonyl (C=O) groups excluding carboxylic acids is 1. The molecule has 0 spiro atoms. The van der Waals surface area contributed by atoms with Crippen LogP contribution in [0.3, 0.4) is 0 Å². The maximum Gasteiger partial charge on any atom is 0.251 e. The first kappa shape index (κ1) is 21.0. The maximum absolute atomic E-state index is 13.5. The fraction of sp³-hybridized carbons (Fsp3) is 0.0800. The zero-order valence-corrected chi connectivity index (χ0v) is 17.4. The van der Waals surface area contributed by atoms with Gasteiger partial charge >= 0.3 is 0 Å². The van der Waals surface area contributed by atoms with Crippen LogP contribution in [-0.2, 0) is 6.54 Å². The van der Waals surface area contributed by atoms with Crippen LogP contribution in [0.2, 0.25) is 0 Å². The minimum absolute atomic E-state index is 0.164. The standard InChI is InChI=1S/C25H21FN4O2/c1-32-22-11-5-17(6-12-22)15-27-25(31)18-7-9-21(10-8-18)30-24-14-23(28-16-29-24)19-3-2-4-20(26)13-19/h2-14,16H,15H2,1H3,(H,27,31)(H,28,29,30). The summed E-state index contributed by atoms with van der Waals surface area (Å²) in [6, 6.07) is 22.6. The molecule has 0 bridgehead atoms. The van der Waals surface area contributed by atoms with E-state index in [2.05, 4.69) is 20.6 Å². The van der Waals surface area contributed by atoms with Gasteiger partial charge in [-0.1, -0.05) is 24.3 Å². The van der Waals surface area contributed by atoms with Gasteiger partial charge in [-0.25, -0.2) is 14.4 Å². The molecule has 0 aliphatic carbocycles. The van der Waals surface area contributed by atoms with Gasteiger partial charge < -0.3 is 15.4 Å². The van der Waals surface area contributed by atoms with E-state index in [9.17, 15) is 9.18 Å². The maximum atomic E-state index is 13.5. The van der Waals surface area contributed by atoms with Crippen LogP contribution >= 0.6 is 0 Å². The first-order chi connectivity index (χ1) is 15.6. The van der Waals surface area contributed by atoms with E-state index in [0.717, 1.165) is 17.0 Å². The van der Waals surface area contributed by atoms with Crippen LogP contribution in [0, 0.1) is 5.82 Å². The summed E-state index contributed by atoms with van der Waals surface area (Å²) in [5.74, 6) is 0.852. The van der Waals surface area contributed by atoms with Gasteiger partial charge in [-0.3, -0.25) is 4.79 Å². The molecule has 0 saturated heterocycles. The number of carbonyl (C=O) groups is 1. The van der Waals surface area contributed by atoms with E-state index in [4.69, 9.17) is 4.74 Å². The van der Waals surface area contributed by atoms with E-state index < -0.39 is 0 Å². The van der Waals surface area contributed by atoms with Crippen molar-refractivity contribution in [2.75, 3.05) is 12.4 Å². The molecule has 4 rings (SSSR count). The Labute approximate surface area is 185 Å². The highest BCUT2D eigenvalue weighted by Gasteiger charge is 2.07. The van der Waals surface area contributed by atoms with Crippen LogP contribution < -0.4 is 15.4 Å². The molecule has 160 valence electrons. The molecule has 0 aliphatic rings. The predicted molar refractivity (Wildman–Crippen MR) is 121 cm³/mol.